The van der Waals surface area contributed by atoms with Gasteiger partial charge in [-0.2, -0.15) is 0 Å². The number of aryl methyl sites for hydroxylation is 1. The minimum absolute atomic E-state index is 0.703. The molecule has 0 aliphatic heterocycles. The largest absolute Gasteiger partial charge is 0.356 e. The van der Waals surface area contributed by atoms with Crippen molar-refractivity contribution in [3.63, 3.8) is 0 Å². The molecule has 21 heavy (non-hydrogen) atoms. The van der Waals surface area contributed by atoms with Gasteiger partial charge in [-0.05, 0) is 50.7 Å². The molecule has 0 unspecified atom stereocenters. The molecule has 0 aromatic carbocycles. The van der Waals surface area contributed by atoms with Crippen molar-refractivity contribution in [2.24, 2.45) is 4.99 Å². The smallest absolute Gasteiger partial charge is 0.191 e. The van der Waals surface area contributed by atoms with Crippen LogP contribution in [0.4, 0.5) is 0 Å². The molecule has 0 fully saturated rings. The molecule has 2 rings (SSSR count). The van der Waals surface area contributed by atoms with E-state index in [-0.39, 0.29) is 0 Å². The van der Waals surface area contributed by atoms with Crippen LogP contribution in [0.15, 0.2) is 35.0 Å². The van der Waals surface area contributed by atoms with Crippen LogP contribution in [0.5, 0.6) is 0 Å². The third-order valence-electron chi connectivity index (χ3n) is 3.89. The van der Waals surface area contributed by atoms with Crippen molar-refractivity contribution < 1.29 is 0 Å². The molecule has 0 radical (unpaired) electrons. The van der Waals surface area contributed by atoms with Gasteiger partial charge in [-0.1, -0.05) is 17.7 Å². The van der Waals surface area contributed by atoms with Crippen LogP contribution in [0.3, 0.4) is 0 Å². The molecule has 0 spiro atoms. The van der Waals surface area contributed by atoms with Crippen molar-refractivity contribution in [2.45, 2.75) is 45.6 Å². The Morgan fingerprint density at radius 3 is 2.95 bits per heavy atom. The molecule has 114 valence electrons. The Bertz CT molecular complexity index is 505. The molecule has 1 aliphatic rings. The minimum Gasteiger partial charge on any atom is -0.356 e. The van der Waals surface area contributed by atoms with Gasteiger partial charge in [-0.25, -0.2) is 0 Å². The summed E-state index contributed by atoms with van der Waals surface area (Å²) in [7, 11) is 1.81. The van der Waals surface area contributed by atoms with Gasteiger partial charge in [-0.15, -0.1) is 0 Å². The number of aliphatic imine (C=N–C) groups is 1. The van der Waals surface area contributed by atoms with Crippen LogP contribution in [-0.4, -0.2) is 24.5 Å². The van der Waals surface area contributed by atoms with Gasteiger partial charge >= 0.3 is 0 Å². The first-order chi connectivity index (χ1) is 10.3. The zero-order chi connectivity index (χ0) is 14.9. The lowest BCUT2D eigenvalue weighted by Crippen LogP contribution is -2.37. The van der Waals surface area contributed by atoms with Gasteiger partial charge in [0.1, 0.15) is 0 Å². The second kappa shape index (κ2) is 8.45. The number of hydrogen-bond donors (Lipinski definition) is 2. The molecule has 4 nitrogen and oxygen atoms in total. The maximum atomic E-state index is 4.38. The second-order valence-corrected chi connectivity index (χ2v) is 5.48. The summed E-state index contributed by atoms with van der Waals surface area (Å²) in [5.74, 6) is 0.844. The standard InChI is InChI=1S/C17H26N4/c1-14-7-6-11-19-16(14)13-21-17(18-2)20-12-10-15-8-4-3-5-9-15/h6-8,11H,3-5,9-10,12-13H2,1-2H3,(H2,18,20,21). The number of allylic oxidation sites excluding steroid dienone is 1. The molecule has 0 bridgehead atoms. The third kappa shape index (κ3) is 5.21. The predicted molar refractivity (Wildman–Crippen MR) is 88.3 cm³/mol. The minimum atomic E-state index is 0.703. The second-order valence-electron chi connectivity index (χ2n) is 5.48. The summed E-state index contributed by atoms with van der Waals surface area (Å²) in [5.41, 5.74) is 3.85. The molecule has 1 aromatic heterocycles. The predicted octanol–water partition coefficient (Wildman–Crippen LogP) is 2.95. The number of pyridine rings is 1. The molecular weight excluding hydrogens is 260 g/mol. The van der Waals surface area contributed by atoms with Crippen LogP contribution in [0.25, 0.3) is 0 Å². The van der Waals surface area contributed by atoms with E-state index in [1.165, 1.54) is 31.2 Å². The number of nitrogens with one attached hydrogen (secondary N) is 2. The lowest BCUT2D eigenvalue weighted by atomic mass is 9.97. The van der Waals surface area contributed by atoms with Gasteiger partial charge in [0.15, 0.2) is 5.96 Å². The molecule has 1 aromatic rings. The van der Waals surface area contributed by atoms with Crippen LogP contribution in [-0.2, 0) is 6.54 Å². The van der Waals surface area contributed by atoms with E-state index < -0.39 is 0 Å². The van der Waals surface area contributed by atoms with Gasteiger partial charge in [0.05, 0.1) is 12.2 Å². The van der Waals surface area contributed by atoms with Gasteiger partial charge < -0.3 is 10.6 Å². The molecule has 2 N–H and O–H groups in total. The number of nitrogens with zero attached hydrogens (tertiary/aromatic N) is 2. The van der Waals surface area contributed by atoms with Crippen LogP contribution < -0.4 is 10.6 Å². The fourth-order valence-electron chi connectivity index (χ4n) is 2.56. The van der Waals surface area contributed by atoms with E-state index in [9.17, 15) is 0 Å². The van der Waals surface area contributed by atoms with E-state index in [0.29, 0.717) is 6.54 Å². The Morgan fingerprint density at radius 1 is 1.33 bits per heavy atom. The highest BCUT2D eigenvalue weighted by Gasteiger charge is 2.05. The van der Waals surface area contributed by atoms with Crippen LogP contribution >= 0.6 is 0 Å². The van der Waals surface area contributed by atoms with E-state index in [4.69, 9.17) is 0 Å². The van der Waals surface area contributed by atoms with E-state index in [0.717, 1.165) is 24.6 Å². The number of rotatable bonds is 5. The summed E-state index contributed by atoms with van der Waals surface area (Å²) < 4.78 is 0. The monoisotopic (exact) mass is 286 g/mol. The number of guanidine groups is 1. The Labute approximate surface area is 127 Å². The van der Waals surface area contributed by atoms with E-state index >= 15 is 0 Å². The molecule has 0 saturated carbocycles. The molecule has 0 atom stereocenters. The topological polar surface area (TPSA) is 49.3 Å². The summed E-state index contributed by atoms with van der Waals surface area (Å²) in [6.07, 6.45) is 10.6. The molecule has 0 saturated heterocycles. The molecule has 0 amide bonds. The number of hydrogen-bond acceptors (Lipinski definition) is 2. The molecule has 1 heterocycles. The Balaban J connectivity index is 1.73. The first-order valence-electron chi connectivity index (χ1n) is 7.82. The average molecular weight is 286 g/mol. The Morgan fingerprint density at radius 2 is 2.24 bits per heavy atom. The van der Waals surface area contributed by atoms with Crippen molar-refractivity contribution in [1.29, 1.82) is 0 Å². The Kier molecular flexibility index (Phi) is 6.25. The average Bonchev–Trinajstić information content (AvgIpc) is 2.53. The van der Waals surface area contributed by atoms with Gasteiger partial charge in [0, 0.05) is 19.8 Å². The summed E-state index contributed by atoms with van der Waals surface area (Å²) >= 11 is 0. The first-order valence-corrected chi connectivity index (χ1v) is 7.82. The summed E-state index contributed by atoms with van der Waals surface area (Å²) in [5, 5.41) is 6.70. The summed E-state index contributed by atoms with van der Waals surface area (Å²) in [6, 6.07) is 4.04. The van der Waals surface area contributed by atoms with Gasteiger partial charge in [0.25, 0.3) is 0 Å². The summed E-state index contributed by atoms with van der Waals surface area (Å²) in [6.45, 7) is 3.72. The van der Waals surface area contributed by atoms with Crippen molar-refractivity contribution in [1.82, 2.24) is 15.6 Å². The van der Waals surface area contributed by atoms with E-state index in [1.807, 2.05) is 12.3 Å². The van der Waals surface area contributed by atoms with Gasteiger partial charge in [0.2, 0.25) is 0 Å². The maximum Gasteiger partial charge on any atom is 0.191 e. The lowest BCUT2D eigenvalue weighted by Gasteiger charge is -2.15. The Hall–Kier alpha value is -1.84. The number of aromatic nitrogens is 1. The lowest BCUT2D eigenvalue weighted by molar-refractivity contribution is 0.665. The first kappa shape index (κ1) is 15.5. The fraction of sp³-hybridized carbons (Fsp3) is 0.529. The zero-order valence-corrected chi connectivity index (χ0v) is 13.2. The third-order valence-corrected chi connectivity index (χ3v) is 3.89. The van der Waals surface area contributed by atoms with Crippen LogP contribution in [0.2, 0.25) is 0 Å². The summed E-state index contributed by atoms with van der Waals surface area (Å²) in [4.78, 5) is 8.65. The van der Waals surface area contributed by atoms with Crippen LogP contribution in [0, 0.1) is 6.92 Å². The van der Waals surface area contributed by atoms with Gasteiger partial charge in [-0.3, -0.25) is 9.98 Å². The SMILES string of the molecule is CN=C(NCCC1=CCCCC1)NCc1ncccc1C. The highest BCUT2D eigenvalue weighted by atomic mass is 15.2. The fourth-order valence-corrected chi connectivity index (χ4v) is 2.56. The highest BCUT2D eigenvalue weighted by Crippen LogP contribution is 2.19. The normalized spacial score (nSPS) is 15.5. The van der Waals surface area contributed by atoms with Crippen molar-refractivity contribution >= 4 is 5.96 Å². The van der Waals surface area contributed by atoms with Crippen molar-refractivity contribution in [3.8, 4) is 0 Å². The van der Waals surface area contributed by atoms with Crippen molar-refractivity contribution in [2.75, 3.05) is 13.6 Å². The quantitative estimate of drug-likeness (QED) is 0.497. The maximum absolute atomic E-state index is 4.38. The van der Waals surface area contributed by atoms with E-state index in [1.54, 1.807) is 12.6 Å². The highest BCUT2D eigenvalue weighted by molar-refractivity contribution is 5.79. The van der Waals surface area contributed by atoms with Crippen LogP contribution in [0.1, 0.15) is 43.4 Å². The van der Waals surface area contributed by atoms with Crippen molar-refractivity contribution in [3.05, 3.63) is 41.2 Å². The molecule has 4 heteroatoms. The molecular formula is C17H26N4. The zero-order valence-electron chi connectivity index (χ0n) is 13.2. The van der Waals surface area contributed by atoms with E-state index in [2.05, 4.69) is 39.7 Å². The molecule has 1 aliphatic carbocycles.